The summed E-state index contributed by atoms with van der Waals surface area (Å²) in [5.74, 6) is 1.44. The molecule has 0 bridgehead atoms. The van der Waals surface area contributed by atoms with Crippen molar-refractivity contribution in [2.45, 2.75) is 39.0 Å². The molecule has 19 heavy (non-hydrogen) atoms. The quantitative estimate of drug-likeness (QED) is 0.623. The SMILES string of the molecule is CC1(C(=N)N)CCN(c2ncnc3c2CCC3)CC1. The molecular formula is C14H21N5. The number of hydrogen-bond donors (Lipinski definition) is 2. The van der Waals surface area contributed by atoms with Crippen LogP contribution in [-0.4, -0.2) is 28.9 Å². The highest BCUT2D eigenvalue weighted by atomic mass is 15.2. The molecule has 0 amide bonds. The van der Waals surface area contributed by atoms with Crippen molar-refractivity contribution < 1.29 is 0 Å². The Morgan fingerprint density at radius 1 is 1.32 bits per heavy atom. The fourth-order valence-electron chi connectivity index (χ4n) is 3.10. The lowest BCUT2D eigenvalue weighted by Gasteiger charge is -2.39. The number of hydrogen-bond acceptors (Lipinski definition) is 4. The third-order valence-electron chi connectivity index (χ3n) is 4.67. The van der Waals surface area contributed by atoms with Gasteiger partial charge in [0.05, 0.1) is 5.84 Å². The summed E-state index contributed by atoms with van der Waals surface area (Å²) >= 11 is 0. The molecule has 5 heteroatoms. The second-order valence-corrected chi connectivity index (χ2v) is 5.94. The van der Waals surface area contributed by atoms with Gasteiger partial charge in [0.2, 0.25) is 0 Å². The summed E-state index contributed by atoms with van der Waals surface area (Å²) in [5.41, 5.74) is 8.15. The maximum absolute atomic E-state index is 7.71. The number of nitrogens with one attached hydrogen (secondary N) is 1. The highest BCUT2D eigenvalue weighted by Crippen LogP contribution is 2.35. The van der Waals surface area contributed by atoms with E-state index in [0.717, 1.165) is 44.6 Å². The van der Waals surface area contributed by atoms with Gasteiger partial charge in [-0.15, -0.1) is 0 Å². The van der Waals surface area contributed by atoms with Gasteiger partial charge in [0.25, 0.3) is 0 Å². The highest BCUT2D eigenvalue weighted by Gasteiger charge is 2.34. The molecule has 1 aliphatic carbocycles. The van der Waals surface area contributed by atoms with Crippen molar-refractivity contribution in [3.05, 3.63) is 17.6 Å². The number of piperidine rings is 1. The Hall–Kier alpha value is -1.65. The van der Waals surface area contributed by atoms with E-state index < -0.39 is 0 Å². The Balaban J connectivity index is 1.80. The Labute approximate surface area is 113 Å². The van der Waals surface area contributed by atoms with Gasteiger partial charge in [0.1, 0.15) is 12.1 Å². The average molecular weight is 259 g/mol. The molecule has 2 heterocycles. The first-order valence-electron chi connectivity index (χ1n) is 7.02. The number of rotatable bonds is 2. The maximum atomic E-state index is 7.71. The predicted molar refractivity (Wildman–Crippen MR) is 75.5 cm³/mol. The third kappa shape index (κ3) is 2.07. The van der Waals surface area contributed by atoms with E-state index in [1.54, 1.807) is 6.33 Å². The molecule has 3 N–H and O–H groups in total. The van der Waals surface area contributed by atoms with Crippen molar-refractivity contribution in [2.75, 3.05) is 18.0 Å². The smallest absolute Gasteiger partial charge is 0.135 e. The molecule has 0 aromatic carbocycles. The zero-order valence-corrected chi connectivity index (χ0v) is 11.4. The number of nitrogens with zero attached hydrogens (tertiary/aromatic N) is 3. The molecule has 3 rings (SSSR count). The summed E-state index contributed by atoms with van der Waals surface area (Å²) < 4.78 is 0. The van der Waals surface area contributed by atoms with Crippen LogP contribution in [0.25, 0.3) is 0 Å². The zero-order chi connectivity index (χ0) is 13.5. The Morgan fingerprint density at radius 3 is 2.74 bits per heavy atom. The Kier molecular flexibility index (Phi) is 2.92. The first-order valence-corrected chi connectivity index (χ1v) is 7.02. The predicted octanol–water partition coefficient (Wildman–Crippen LogP) is 1.51. The van der Waals surface area contributed by atoms with Crippen LogP contribution in [-0.2, 0) is 12.8 Å². The van der Waals surface area contributed by atoms with Crippen LogP contribution in [0, 0.1) is 10.8 Å². The minimum atomic E-state index is -0.132. The molecule has 0 radical (unpaired) electrons. The maximum Gasteiger partial charge on any atom is 0.135 e. The molecule has 0 unspecified atom stereocenters. The van der Waals surface area contributed by atoms with E-state index in [0.29, 0.717) is 5.84 Å². The van der Waals surface area contributed by atoms with E-state index >= 15 is 0 Å². The monoisotopic (exact) mass is 259 g/mol. The van der Waals surface area contributed by atoms with Gasteiger partial charge in [0.15, 0.2) is 0 Å². The number of aromatic nitrogens is 2. The van der Waals surface area contributed by atoms with Crippen molar-refractivity contribution in [1.29, 1.82) is 5.41 Å². The van der Waals surface area contributed by atoms with Crippen molar-refractivity contribution in [3.8, 4) is 0 Å². The summed E-state index contributed by atoms with van der Waals surface area (Å²) in [6.45, 7) is 3.95. The number of aryl methyl sites for hydroxylation is 1. The molecule has 2 aliphatic rings. The van der Waals surface area contributed by atoms with Gasteiger partial charge in [-0.3, -0.25) is 5.41 Å². The van der Waals surface area contributed by atoms with Gasteiger partial charge < -0.3 is 10.6 Å². The average Bonchev–Trinajstić information content (AvgIpc) is 2.87. The van der Waals surface area contributed by atoms with Crippen LogP contribution in [0.15, 0.2) is 6.33 Å². The van der Waals surface area contributed by atoms with Gasteiger partial charge in [-0.2, -0.15) is 0 Å². The van der Waals surface area contributed by atoms with E-state index in [2.05, 4.69) is 21.8 Å². The molecule has 0 atom stereocenters. The minimum absolute atomic E-state index is 0.132. The standard InChI is InChI=1S/C14H21N5/c1-14(13(15)16)5-7-19(8-6-14)12-10-3-2-4-11(10)17-9-18-12/h9H,2-8H2,1H3,(H3,15,16). The summed E-state index contributed by atoms with van der Waals surface area (Å²) in [5, 5.41) is 7.71. The first kappa shape index (κ1) is 12.4. The van der Waals surface area contributed by atoms with Crippen LogP contribution < -0.4 is 10.6 Å². The van der Waals surface area contributed by atoms with Crippen molar-refractivity contribution >= 4 is 11.7 Å². The topological polar surface area (TPSA) is 78.9 Å². The lowest BCUT2D eigenvalue weighted by molar-refractivity contribution is 0.349. The first-order chi connectivity index (χ1) is 9.10. The number of nitrogens with two attached hydrogens (primary N) is 1. The fraction of sp³-hybridized carbons (Fsp3) is 0.643. The molecule has 0 spiro atoms. The van der Waals surface area contributed by atoms with Crippen LogP contribution in [0.5, 0.6) is 0 Å². The molecular weight excluding hydrogens is 238 g/mol. The highest BCUT2D eigenvalue weighted by molar-refractivity contribution is 5.83. The molecule has 102 valence electrons. The molecule has 0 saturated carbocycles. The summed E-state index contributed by atoms with van der Waals surface area (Å²) in [6, 6.07) is 0. The van der Waals surface area contributed by atoms with Crippen LogP contribution in [0.1, 0.15) is 37.4 Å². The van der Waals surface area contributed by atoms with Crippen LogP contribution in [0.2, 0.25) is 0 Å². The Bertz CT molecular complexity index is 503. The van der Waals surface area contributed by atoms with Crippen molar-refractivity contribution in [2.24, 2.45) is 11.1 Å². The number of amidine groups is 1. The summed E-state index contributed by atoms with van der Waals surface area (Å²) in [4.78, 5) is 11.2. The normalized spacial score (nSPS) is 21.2. The summed E-state index contributed by atoms with van der Waals surface area (Å²) in [6.07, 6.45) is 6.94. The molecule has 5 nitrogen and oxygen atoms in total. The van der Waals surface area contributed by atoms with Crippen LogP contribution >= 0.6 is 0 Å². The van der Waals surface area contributed by atoms with Crippen molar-refractivity contribution in [3.63, 3.8) is 0 Å². The van der Waals surface area contributed by atoms with Gasteiger partial charge in [0, 0.05) is 29.8 Å². The zero-order valence-electron chi connectivity index (χ0n) is 11.4. The second kappa shape index (κ2) is 4.47. The van der Waals surface area contributed by atoms with Gasteiger partial charge in [-0.25, -0.2) is 9.97 Å². The van der Waals surface area contributed by atoms with E-state index in [-0.39, 0.29) is 5.41 Å². The third-order valence-corrected chi connectivity index (χ3v) is 4.67. The second-order valence-electron chi connectivity index (χ2n) is 5.94. The minimum Gasteiger partial charge on any atom is -0.387 e. The van der Waals surface area contributed by atoms with E-state index in [4.69, 9.17) is 11.1 Å². The Morgan fingerprint density at radius 2 is 2.05 bits per heavy atom. The molecule has 1 aromatic heterocycles. The van der Waals surface area contributed by atoms with E-state index in [1.807, 2.05) is 0 Å². The van der Waals surface area contributed by atoms with Crippen molar-refractivity contribution in [1.82, 2.24) is 9.97 Å². The molecule has 1 aliphatic heterocycles. The lowest BCUT2D eigenvalue weighted by atomic mass is 9.79. The summed E-state index contributed by atoms with van der Waals surface area (Å²) in [7, 11) is 0. The molecule has 1 aromatic rings. The lowest BCUT2D eigenvalue weighted by Crippen LogP contribution is -2.45. The number of anilines is 1. The molecule has 1 saturated heterocycles. The number of fused-ring (bicyclic) bond motifs is 1. The largest absolute Gasteiger partial charge is 0.387 e. The van der Waals surface area contributed by atoms with Gasteiger partial charge in [-0.1, -0.05) is 6.92 Å². The van der Waals surface area contributed by atoms with E-state index in [1.165, 1.54) is 17.7 Å². The van der Waals surface area contributed by atoms with Gasteiger partial charge in [-0.05, 0) is 32.1 Å². The fourth-order valence-corrected chi connectivity index (χ4v) is 3.10. The van der Waals surface area contributed by atoms with E-state index in [9.17, 15) is 0 Å². The molecule has 1 fully saturated rings. The van der Waals surface area contributed by atoms with Gasteiger partial charge >= 0.3 is 0 Å². The van der Waals surface area contributed by atoms with Crippen LogP contribution in [0.4, 0.5) is 5.82 Å². The van der Waals surface area contributed by atoms with Crippen LogP contribution in [0.3, 0.4) is 0 Å².